The molecule has 0 spiro atoms. The van der Waals surface area contributed by atoms with Crippen molar-refractivity contribution in [2.45, 2.75) is 66.0 Å². The number of hydrogen-bond acceptors (Lipinski definition) is 5. The fourth-order valence-corrected chi connectivity index (χ4v) is 7.55. The average Bonchev–Trinajstić information content (AvgIpc) is 3.72. The largest absolute Gasteiger partial charge is 0.481 e. The maximum absolute atomic E-state index is 13.3. The number of aliphatic hydroxyl groups is 1. The Morgan fingerprint density at radius 2 is 1.68 bits per heavy atom. The second-order valence-electron chi connectivity index (χ2n) is 12.1. The van der Waals surface area contributed by atoms with Crippen molar-refractivity contribution >= 4 is 41.8 Å². The Kier molecular flexibility index (Phi) is 7.32. The van der Waals surface area contributed by atoms with E-state index in [1.807, 2.05) is 19.9 Å². The zero-order chi connectivity index (χ0) is 31.6. The Morgan fingerprint density at radius 1 is 0.977 bits per heavy atom. The highest BCUT2D eigenvalue weighted by atomic mass is 16.5. The van der Waals surface area contributed by atoms with E-state index in [9.17, 15) is 19.8 Å². The molecule has 6 N–H and O–H groups in total. The van der Waals surface area contributed by atoms with Crippen LogP contribution in [0, 0.1) is 32.6 Å². The molecule has 6 rings (SSSR count). The van der Waals surface area contributed by atoms with Gasteiger partial charge in [-0.15, -0.1) is 0 Å². The molecule has 8 bridgehead atoms. The number of nitrogens with one attached hydrogen (secondary N) is 4. The van der Waals surface area contributed by atoms with Crippen LogP contribution in [0.2, 0.25) is 0 Å². The summed E-state index contributed by atoms with van der Waals surface area (Å²) in [6, 6.07) is -0.440. The van der Waals surface area contributed by atoms with Crippen molar-refractivity contribution in [1.29, 1.82) is 0 Å². The lowest BCUT2D eigenvalue weighted by molar-refractivity contribution is -0.146. The quantitative estimate of drug-likeness (QED) is 0.240. The highest BCUT2D eigenvalue weighted by molar-refractivity contribution is 5.88. The minimum atomic E-state index is -1.11. The number of ether oxygens (including phenoxy) is 1. The predicted molar refractivity (Wildman–Crippen MR) is 170 cm³/mol. The van der Waals surface area contributed by atoms with E-state index in [1.54, 1.807) is 0 Å². The number of H-pyrrole nitrogens is 3. The maximum atomic E-state index is 13.3. The smallest absolute Gasteiger partial charge is 0.315 e. The number of rotatable bonds is 6. The summed E-state index contributed by atoms with van der Waals surface area (Å²) in [5.74, 6) is -2.58. The van der Waals surface area contributed by atoms with Gasteiger partial charge in [0.2, 0.25) is 0 Å². The van der Waals surface area contributed by atoms with Crippen LogP contribution in [0.5, 0.6) is 0 Å². The number of carbonyl (C=O) groups excluding carboxylic acids is 1. The topological polar surface area (TPSA) is 143 Å². The molecule has 0 aromatic carbocycles. The molecular formula is C35H40N4O5. The van der Waals surface area contributed by atoms with Crippen molar-refractivity contribution in [3.05, 3.63) is 84.0 Å². The fourth-order valence-electron chi connectivity index (χ4n) is 7.55. The summed E-state index contributed by atoms with van der Waals surface area (Å²) >= 11 is 0. The van der Waals surface area contributed by atoms with Crippen LogP contribution in [0.4, 0.5) is 0 Å². The first-order valence-electron chi connectivity index (χ1n) is 15.2. The molecule has 1 unspecified atom stereocenters. The molecule has 4 atom stereocenters. The van der Waals surface area contributed by atoms with Gasteiger partial charge in [0.25, 0.3) is 0 Å². The van der Waals surface area contributed by atoms with Gasteiger partial charge in [0.1, 0.15) is 5.92 Å². The van der Waals surface area contributed by atoms with E-state index < -0.39 is 30.0 Å². The van der Waals surface area contributed by atoms with Crippen LogP contribution < -0.4 is 26.7 Å². The minimum absolute atomic E-state index is 0.0306. The zero-order valence-electron chi connectivity index (χ0n) is 26.1. The molecule has 44 heavy (non-hydrogen) atoms. The minimum Gasteiger partial charge on any atom is -0.481 e. The van der Waals surface area contributed by atoms with Crippen molar-refractivity contribution in [3.8, 4) is 0 Å². The first-order valence-corrected chi connectivity index (χ1v) is 15.2. The van der Waals surface area contributed by atoms with Crippen molar-refractivity contribution in [3.63, 3.8) is 0 Å². The van der Waals surface area contributed by atoms with E-state index in [2.05, 4.69) is 65.8 Å². The average molecular weight is 597 g/mol. The Hall–Kier alpha value is -4.50. The fraction of sp³-hybridized carbons (Fsp3) is 0.371. The van der Waals surface area contributed by atoms with Crippen molar-refractivity contribution in [2.75, 3.05) is 7.11 Å². The lowest BCUT2D eigenvalue weighted by Crippen LogP contribution is -2.38. The number of aromatic amines is 3. The molecule has 3 aliphatic rings. The van der Waals surface area contributed by atoms with Crippen LogP contribution in [-0.2, 0) is 20.7 Å². The van der Waals surface area contributed by atoms with Crippen LogP contribution in [0.15, 0.2) is 17.8 Å². The molecule has 0 radical (unpaired) electrons. The monoisotopic (exact) mass is 596 g/mol. The van der Waals surface area contributed by atoms with E-state index in [-0.39, 0.29) is 12.3 Å². The highest BCUT2D eigenvalue weighted by Crippen LogP contribution is 2.43. The van der Waals surface area contributed by atoms with Gasteiger partial charge in [0.15, 0.2) is 0 Å². The van der Waals surface area contributed by atoms with Gasteiger partial charge in [0.05, 0.1) is 19.3 Å². The van der Waals surface area contributed by atoms with Gasteiger partial charge in [0, 0.05) is 61.9 Å². The van der Waals surface area contributed by atoms with Gasteiger partial charge in [-0.05, 0) is 92.2 Å². The molecule has 230 valence electrons. The molecule has 0 saturated carbocycles. The number of hydrogen-bond donors (Lipinski definition) is 6. The number of esters is 1. The predicted octanol–water partition coefficient (Wildman–Crippen LogP) is 1.97. The number of aliphatic carboxylic acids is 1. The number of carbonyl (C=O) groups is 2. The highest BCUT2D eigenvalue weighted by Gasteiger charge is 2.47. The molecule has 5 heterocycles. The molecule has 3 aromatic heterocycles. The van der Waals surface area contributed by atoms with Crippen LogP contribution in [0.3, 0.4) is 0 Å². The van der Waals surface area contributed by atoms with Crippen LogP contribution in [0.25, 0.3) is 29.9 Å². The second-order valence-corrected chi connectivity index (χ2v) is 12.1. The Balaban J connectivity index is 1.74. The number of fused-ring (bicyclic) bond motifs is 8. The first-order chi connectivity index (χ1) is 21.0. The standard InChI is InChI=1S/C35H40N4O5/c1-8-19-15(3)22-12-24-17(5)21(10-11-28(40)41)32(38-24)30-31(35(43)44-7)34(42)29-18(6)25(39-33(29)30)14-27-20(9-2)16(4)23(37-27)13-26(19)36-22/h8,12-14,21,31-32,34,36-39,42H,1,9-11H2,2-7H3,(H,40,41)/b22-12-,25-14-,26-13-/t21-,31+,32?,34-/m0/s1. The zero-order valence-corrected chi connectivity index (χ0v) is 26.1. The number of allylic oxidation sites excluding steroid dienone is 1. The maximum Gasteiger partial charge on any atom is 0.315 e. The summed E-state index contributed by atoms with van der Waals surface area (Å²) in [5.41, 5.74) is 10.4. The summed E-state index contributed by atoms with van der Waals surface area (Å²) < 4.78 is 5.22. The molecule has 0 amide bonds. The summed E-state index contributed by atoms with van der Waals surface area (Å²) in [6.07, 6.45) is 8.17. The SMILES string of the molecule is C=Cc1c(C)/c2[nH]/c1=C\c1[nH]c(c(CC)c1C)/C=c1\[nH]c3c(c1C)[C@H](O)[C@H](C(=O)OC)C=3C1NC(=C(C)[C@@H]1CCC(=O)O)\C=2. The molecular weight excluding hydrogens is 556 g/mol. The van der Waals surface area contributed by atoms with Gasteiger partial charge >= 0.3 is 11.9 Å². The second kappa shape index (κ2) is 10.9. The molecule has 9 heteroatoms. The van der Waals surface area contributed by atoms with Gasteiger partial charge in [-0.1, -0.05) is 19.6 Å². The van der Waals surface area contributed by atoms with Gasteiger partial charge in [-0.25, -0.2) is 0 Å². The van der Waals surface area contributed by atoms with Crippen molar-refractivity contribution < 1.29 is 24.5 Å². The molecule has 1 aliphatic carbocycles. The number of aliphatic hydroxyl groups excluding tert-OH is 1. The summed E-state index contributed by atoms with van der Waals surface area (Å²) in [7, 11) is 1.33. The Labute approximate surface area is 255 Å². The third-order valence-electron chi connectivity index (χ3n) is 9.97. The molecule has 2 aliphatic heterocycles. The summed E-state index contributed by atoms with van der Waals surface area (Å²) in [4.78, 5) is 35.8. The lowest BCUT2D eigenvalue weighted by Gasteiger charge is -2.27. The van der Waals surface area contributed by atoms with Crippen LogP contribution in [0.1, 0.15) is 77.6 Å². The number of methoxy groups -OCH3 is 1. The van der Waals surface area contributed by atoms with E-state index in [1.165, 1.54) is 12.7 Å². The van der Waals surface area contributed by atoms with E-state index in [0.29, 0.717) is 22.9 Å². The van der Waals surface area contributed by atoms with E-state index in [4.69, 9.17) is 4.74 Å². The van der Waals surface area contributed by atoms with E-state index in [0.717, 1.165) is 67.4 Å². The van der Waals surface area contributed by atoms with Gasteiger partial charge < -0.3 is 35.2 Å². The van der Waals surface area contributed by atoms with Gasteiger partial charge in [-0.2, -0.15) is 0 Å². The summed E-state index contributed by atoms with van der Waals surface area (Å²) in [6.45, 7) is 14.4. The lowest BCUT2D eigenvalue weighted by atomic mass is 9.82. The molecule has 3 aromatic rings. The Bertz CT molecular complexity index is 2020. The molecule has 0 fully saturated rings. The van der Waals surface area contributed by atoms with Gasteiger partial charge in [-0.3, -0.25) is 9.59 Å². The third kappa shape index (κ3) is 4.40. The van der Waals surface area contributed by atoms with Crippen LogP contribution >= 0.6 is 0 Å². The number of carboxylic acid groups (broad SMARTS) is 1. The third-order valence-corrected chi connectivity index (χ3v) is 9.97. The van der Waals surface area contributed by atoms with Crippen molar-refractivity contribution in [1.82, 2.24) is 20.3 Å². The molecule has 9 nitrogen and oxygen atoms in total. The number of aromatic nitrogens is 3. The normalized spacial score (nSPS) is 24.2. The van der Waals surface area contributed by atoms with Crippen LogP contribution in [-0.4, -0.2) is 50.3 Å². The molecule has 0 saturated heterocycles. The number of carboxylic acids is 1. The summed E-state index contributed by atoms with van der Waals surface area (Å²) in [5, 5.41) is 28.4. The van der Waals surface area contributed by atoms with Crippen molar-refractivity contribution in [2.24, 2.45) is 11.8 Å². The van der Waals surface area contributed by atoms with E-state index >= 15 is 0 Å². The Morgan fingerprint density at radius 3 is 2.34 bits per heavy atom. The first kappa shape index (κ1) is 29.6.